The van der Waals surface area contributed by atoms with Crippen LogP contribution in [0.4, 0.5) is 4.39 Å². The second kappa shape index (κ2) is 7.67. The van der Waals surface area contributed by atoms with Gasteiger partial charge in [-0.1, -0.05) is 41.4 Å². The van der Waals surface area contributed by atoms with Gasteiger partial charge in [0.1, 0.15) is 5.82 Å². The molecule has 1 heterocycles. The molecule has 2 aromatic carbocycles. The summed E-state index contributed by atoms with van der Waals surface area (Å²) in [4.78, 5) is 16.2. The summed E-state index contributed by atoms with van der Waals surface area (Å²) in [5.41, 5.74) is 9.35. The minimum absolute atomic E-state index is 0.373. The molecule has 0 aliphatic carbocycles. The summed E-state index contributed by atoms with van der Waals surface area (Å²) >= 11 is 5.98. The Morgan fingerprint density at radius 1 is 1.15 bits per heavy atom. The van der Waals surface area contributed by atoms with Gasteiger partial charge in [0.2, 0.25) is 5.91 Å². The number of primary amides is 1. The van der Waals surface area contributed by atoms with Crippen LogP contribution in [-0.4, -0.2) is 10.9 Å². The van der Waals surface area contributed by atoms with Crippen molar-refractivity contribution < 1.29 is 9.18 Å². The molecule has 3 aromatic rings. The number of nitrogens with zero attached hydrogens (tertiary/aromatic N) is 1. The zero-order valence-electron chi connectivity index (χ0n) is 14.2. The number of carbonyl (C=O) groups excluding carboxylic acids is 1. The zero-order chi connectivity index (χ0) is 18.7. The standard InChI is InChI=1S/C21H18ClFN2O/c1-13-2-4-15(5-3-13)19(21(24)26)9-14-8-16(12-25-11-14)18-10-17(22)6-7-20(18)23/h2-8,10-12,19H,9H2,1H3,(H2,24,26). The molecule has 132 valence electrons. The van der Waals surface area contributed by atoms with Gasteiger partial charge in [-0.3, -0.25) is 9.78 Å². The van der Waals surface area contributed by atoms with Gasteiger partial charge in [0, 0.05) is 28.5 Å². The van der Waals surface area contributed by atoms with E-state index in [-0.39, 0.29) is 5.82 Å². The first-order valence-corrected chi connectivity index (χ1v) is 8.57. The van der Waals surface area contributed by atoms with Gasteiger partial charge >= 0.3 is 0 Å². The number of pyridine rings is 1. The van der Waals surface area contributed by atoms with Crippen LogP contribution < -0.4 is 5.73 Å². The van der Waals surface area contributed by atoms with E-state index in [1.165, 1.54) is 12.1 Å². The number of hydrogen-bond donors (Lipinski definition) is 1. The second-order valence-electron chi connectivity index (χ2n) is 6.28. The highest BCUT2D eigenvalue weighted by atomic mass is 35.5. The molecule has 0 spiro atoms. The van der Waals surface area contributed by atoms with Crippen LogP contribution >= 0.6 is 11.6 Å². The third kappa shape index (κ3) is 4.09. The van der Waals surface area contributed by atoms with E-state index in [2.05, 4.69) is 4.98 Å². The Kier molecular flexibility index (Phi) is 5.33. The molecule has 0 radical (unpaired) electrons. The fourth-order valence-electron chi connectivity index (χ4n) is 2.88. The van der Waals surface area contributed by atoms with Crippen molar-refractivity contribution in [3.05, 3.63) is 88.5 Å². The van der Waals surface area contributed by atoms with Crippen LogP contribution in [0.1, 0.15) is 22.6 Å². The van der Waals surface area contributed by atoms with Gasteiger partial charge in [0.15, 0.2) is 0 Å². The van der Waals surface area contributed by atoms with Crippen LogP contribution in [-0.2, 0) is 11.2 Å². The molecule has 0 saturated carbocycles. The SMILES string of the molecule is Cc1ccc(C(Cc2cncc(-c3cc(Cl)ccc3F)c2)C(N)=O)cc1. The highest BCUT2D eigenvalue weighted by Gasteiger charge is 2.19. The van der Waals surface area contributed by atoms with Gasteiger partial charge in [-0.05, 0) is 48.7 Å². The smallest absolute Gasteiger partial charge is 0.225 e. The van der Waals surface area contributed by atoms with E-state index in [0.29, 0.717) is 22.6 Å². The fraction of sp³-hybridized carbons (Fsp3) is 0.143. The van der Waals surface area contributed by atoms with E-state index in [9.17, 15) is 9.18 Å². The van der Waals surface area contributed by atoms with Gasteiger partial charge in [0.05, 0.1) is 5.92 Å². The molecule has 0 fully saturated rings. The topological polar surface area (TPSA) is 56.0 Å². The van der Waals surface area contributed by atoms with Crippen LogP contribution in [0, 0.1) is 12.7 Å². The van der Waals surface area contributed by atoms with E-state index in [1.807, 2.05) is 37.3 Å². The highest BCUT2D eigenvalue weighted by Crippen LogP contribution is 2.28. The molecule has 0 saturated heterocycles. The summed E-state index contributed by atoms with van der Waals surface area (Å²) in [6.45, 7) is 1.98. The summed E-state index contributed by atoms with van der Waals surface area (Å²) in [6, 6.07) is 13.9. The molecule has 0 aliphatic heterocycles. The van der Waals surface area contributed by atoms with Crippen molar-refractivity contribution in [2.75, 3.05) is 0 Å². The molecule has 5 heteroatoms. The first kappa shape index (κ1) is 18.1. The highest BCUT2D eigenvalue weighted by molar-refractivity contribution is 6.30. The number of aromatic nitrogens is 1. The van der Waals surface area contributed by atoms with E-state index in [4.69, 9.17) is 17.3 Å². The summed E-state index contributed by atoms with van der Waals surface area (Å²) in [5, 5.41) is 0.446. The molecule has 3 nitrogen and oxygen atoms in total. The van der Waals surface area contributed by atoms with Crippen LogP contribution in [0.3, 0.4) is 0 Å². The van der Waals surface area contributed by atoms with E-state index < -0.39 is 11.8 Å². The molecule has 1 unspecified atom stereocenters. The van der Waals surface area contributed by atoms with Crippen LogP contribution in [0.25, 0.3) is 11.1 Å². The molecule has 1 atom stereocenters. The third-order valence-corrected chi connectivity index (χ3v) is 4.53. The van der Waals surface area contributed by atoms with Crippen molar-refractivity contribution in [1.82, 2.24) is 4.98 Å². The predicted octanol–water partition coefficient (Wildman–Crippen LogP) is 4.66. The average Bonchev–Trinajstić information content (AvgIpc) is 2.63. The van der Waals surface area contributed by atoms with E-state index in [1.54, 1.807) is 18.5 Å². The van der Waals surface area contributed by atoms with Crippen molar-refractivity contribution in [3.63, 3.8) is 0 Å². The summed E-state index contributed by atoms with van der Waals surface area (Å²) < 4.78 is 14.1. The second-order valence-corrected chi connectivity index (χ2v) is 6.71. The minimum atomic E-state index is -0.475. The Labute approximate surface area is 156 Å². The lowest BCUT2D eigenvalue weighted by Crippen LogP contribution is -2.23. The fourth-order valence-corrected chi connectivity index (χ4v) is 3.05. The molecular formula is C21H18ClFN2O. The summed E-state index contributed by atoms with van der Waals surface area (Å²) in [6.07, 6.45) is 3.63. The minimum Gasteiger partial charge on any atom is -0.369 e. The Balaban J connectivity index is 1.93. The Morgan fingerprint density at radius 3 is 2.58 bits per heavy atom. The average molecular weight is 369 g/mol. The molecular weight excluding hydrogens is 351 g/mol. The lowest BCUT2D eigenvalue weighted by molar-refractivity contribution is -0.119. The first-order chi connectivity index (χ1) is 12.4. The number of benzene rings is 2. The van der Waals surface area contributed by atoms with Gasteiger partial charge < -0.3 is 5.73 Å². The Hall–Kier alpha value is -2.72. The predicted molar refractivity (Wildman–Crippen MR) is 101 cm³/mol. The maximum atomic E-state index is 14.1. The van der Waals surface area contributed by atoms with Gasteiger partial charge in [-0.25, -0.2) is 4.39 Å². The van der Waals surface area contributed by atoms with Crippen LogP contribution in [0.15, 0.2) is 60.9 Å². The summed E-state index contributed by atoms with van der Waals surface area (Å²) in [5.74, 6) is -1.26. The monoisotopic (exact) mass is 368 g/mol. The summed E-state index contributed by atoms with van der Waals surface area (Å²) in [7, 11) is 0. The number of nitrogens with two attached hydrogens (primary N) is 1. The Bertz CT molecular complexity index is 941. The van der Waals surface area contributed by atoms with Gasteiger partial charge in [0.25, 0.3) is 0 Å². The zero-order valence-corrected chi connectivity index (χ0v) is 15.0. The van der Waals surface area contributed by atoms with Crippen molar-refractivity contribution in [1.29, 1.82) is 0 Å². The molecule has 2 N–H and O–H groups in total. The molecule has 0 aliphatic rings. The van der Waals surface area contributed by atoms with Crippen LogP contribution in [0.5, 0.6) is 0 Å². The van der Waals surface area contributed by atoms with Crippen molar-refractivity contribution in [2.24, 2.45) is 5.73 Å². The number of aryl methyl sites for hydroxylation is 1. The molecule has 26 heavy (non-hydrogen) atoms. The lowest BCUT2D eigenvalue weighted by Gasteiger charge is -2.15. The van der Waals surface area contributed by atoms with E-state index >= 15 is 0 Å². The molecule has 0 bridgehead atoms. The maximum Gasteiger partial charge on any atom is 0.225 e. The number of hydrogen-bond acceptors (Lipinski definition) is 2. The number of amides is 1. The van der Waals surface area contributed by atoms with Crippen molar-refractivity contribution >= 4 is 17.5 Å². The first-order valence-electron chi connectivity index (χ1n) is 8.19. The maximum absolute atomic E-state index is 14.1. The number of rotatable bonds is 5. The van der Waals surface area contributed by atoms with Crippen LogP contribution in [0.2, 0.25) is 5.02 Å². The number of halogens is 2. The number of carbonyl (C=O) groups is 1. The van der Waals surface area contributed by atoms with E-state index in [0.717, 1.165) is 16.7 Å². The lowest BCUT2D eigenvalue weighted by atomic mass is 9.90. The molecule has 3 rings (SSSR count). The molecule has 1 amide bonds. The van der Waals surface area contributed by atoms with Gasteiger partial charge in [-0.15, -0.1) is 0 Å². The quantitative estimate of drug-likeness (QED) is 0.712. The largest absolute Gasteiger partial charge is 0.369 e. The van der Waals surface area contributed by atoms with Crippen molar-refractivity contribution in [2.45, 2.75) is 19.3 Å². The Morgan fingerprint density at radius 2 is 1.88 bits per heavy atom. The third-order valence-electron chi connectivity index (χ3n) is 4.30. The van der Waals surface area contributed by atoms with Crippen molar-refractivity contribution in [3.8, 4) is 11.1 Å². The molecule has 1 aromatic heterocycles. The normalized spacial score (nSPS) is 12.0. The van der Waals surface area contributed by atoms with Gasteiger partial charge in [-0.2, -0.15) is 0 Å².